The summed E-state index contributed by atoms with van der Waals surface area (Å²) in [5.74, 6) is -0.786. The molecule has 9 heteroatoms. The molecule has 3 heterocycles. The normalized spacial score (nSPS) is 20.0. The van der Waals surface area contributed by atoms with Gasteiger partial charge < -0.3 is 20.7 Å². The number of ether oxygens (including phenoxy) is 1. The third-order valence-electron chi connectivity index (χ3n) is 4.84. The first-order chi connectivity index (χ1) is 13.0. The Morgan fingerprint density at radius 2 is 2.15 bits per heavy atom. The van der Waals surface area contributed by atoms with Crippen molar-refractivity contribution in [3.63, 3.8) is 0 Å². The van der Waals surface area contributed by atoms with Crippen LogP contribution in [0.25, 0.3) is 0 Å². The molecule has 2 aliphatic heterocycles. The third-order valence-corrected chi connectivity index (χ3v) is 6.30. The molecule has 2 aromatic rings. The van der Waals surface area contributed by atoms with Gasteiger partial charge in [-0.2, -0.15) is 0 Å². The van der Waals surface area contributed by atoms with E-state index in [-0.39, 0.29) is 17.4 Å². The van der Waals surface area contributed by atoms with Crippen molar-refractivity contribution in [2.45, 2.75) is 12.3 Å². The van der Waals surface area contributed by atoms with Crippen molar-refractivity contribution in [3.05, 3.63) is 44.9 Å². The molecule has 1 aromatic carbocycles. The lowest BCUT2D eigenvalue weighted by atomic mass is 9.91. The molecular formula is C18H19ClN4O3S. The van der Waals surface area contributed by atoms with Gasteiger partial charge in [-0.25, -0.2) is 4.98 Å². The Hall–Kier alpha value is -2.16. The van der Waals surface area contributed by atoms with E-state index in [1.165, 1.54) is 11.3 Å². The number of benzene rings is 1. The zero-order valence-corrected chi connectivity index (χ0v) is 16.1. The van der Waals surface area contributed by atoms with Crippen LogP contribution >= 0.6 is 22.9 Å². The van der Waals surface area contributed by atoms with E-state index < -0.39 is 5.91 Å². The van der Waals surface area contributed by atoms with Crippen LogP contribution in [0.4, 0.5) is 5.13 Å². The van der Waals surface area contributed by atoms with Gasteiger partial charge in [0.1, 0.15) is 4.88 Å². The number of anilines is 1. The van der Waals surface area contributed by atoms with Gasteiger partial charge in [0, 0.05) is 25.6 Å². The highest BCUT2D eigenvalue weighted by molar-refractivity contribution is 7.17. The number of rotatable bonds is 3. The molecule has 2 aliphatic rings. The van der Waals surface area contributed by atoms with E-state index in [4.69, 9.17) is 27.1 Å². The molecule has 2 amide bonds. The van der Waals surface area contributed by atoms with Crippen LogP contribution in [0.5, 0.6) is 0 Å². The molecular weight excluding hydrogens is 388 g/mol. The number of nitrogens with two attached hydrogens (primary N) is 1. The van der Waals surface area contributed by atoms with Crippen molar-refractivity contribution in [1.82, 2.24) is 10.3 Å². The maximum atomic E-state index is 12.5. The van der Waals surface area contributed by atoms with E-state index in [9.17, 15) is 9.59 Å². The summed E-state index contributed by atoms with van der Waals surface area (Å²) in [6, 6.07) is 5.25. The summed E-state index contributed by atoms with van der Waals surface area (Å²) in [6.07, 6.45) is 0.685. The topological polar surface area (TPSA) is 97.5 Å². The largest absolute Gasteiger partial charge is 0.378 e. The highest BCUT2D eigenvalue weighted by Crippen LogP contribution is 2.38. The number of nitrogens with zero attached hydrogens (tertiary/aromatic N) is 2. The van der Waals surface area contributed by atoms with Gasteiger partial charge in [-0.3, -0.25) is 9.59 Å². The number of amides is 2. The van der Waals surface area contributed by atoms with Gasteiger partial charge in [-0.1, -0.05) is 29.0 Å². The molecule has 0 spiro atoms. The van der Waals surface area contributed by atoms with Crippen molar-refractivity contribution in [1.29, 1.82) is 0 Å². The van der Waals surface area contributed by atoms with E-state index in [2.05, 4.69) is 10.2 Å². The van der Waals surface area contributed by atoms with E-state index >= 15 is 0 Å². The molecule has 3 N–H and O–H groups in total. The van der Waals surface area contributed by atoms with Crippen LogP contribution in [0.15, 0.2) is 18.2 Å². The summed E-state index contributed by atoms with van der Waals surface area (Å²) < 4.78 is 5.40. The van der Waals surface area contributed by atoms with Gasteiger partial charge in [0.05, 0.1) is 29.5 Å². The Morgan fingerprint density at radius 3 is 2.89 bits per heavy atom. The summed E-state index contributed by atoms with van der Waals surface area (Å²) in [6.45, 7) is 3.35. The fourth-order valence-electron chi connectivity index (χ4n) is 3.43. The summed E-state index contributed by atoms with van der Waals surface area (Å²) >= 11 is 7.50. The third kappa shape index (κ3) is 3.52. The molecule has 0 bridgehead atoms. The highest BCUT2D eigenvalue weighted by Gasteiger charge is 2.31. The Labute approximate surface area is 165 Å². The molecule has 0 saturated carbocycles. The Kier molecular flexibility index (Phi) is 5.03. The molecule has 1 unspecified atom stereocenters. The van der Waals surface area contributed by atoms with Gasteiger partial charge in [-0.15, -0.1) is 0 Å². The number of halogens is 1. The molecule has 1 aromatic heterocycles. The van der Waals surface area contributed by atoms with Crippen molar-refractivity contribution in [2.75, 3.05) is 37.7 Å². The average molecular weight is 407 g/mol. The van der Waals surface area contributed by atoms with Crippen LogP contribution in [0.3, 0.4) is 0 Å². The number of fused-ring (bicyclic) bond motifs is 1. The predicted octanol–water partition coefficient (Wildman–Crippen LogP) is 2.00. The molecule has 1 saturated heterocycles. The second kappa shape index (κ2) is 7.46. The minimum Gasteiger partial charge on any atom is -0.378 e. The second-order valence-corrected chi connectivity index (χ2v) is 7.90. The van der Waals surface area contributed by atoms with Gasteiger partial charge in [0.15, 0.2) is 5.13 Å². The minimum atomic E-state index is -0.572. The van der Waals surface area contributed by atoms with Crippen LogP contribution in [-0.4, -0.2) is 49.6 Å². The number of hydrogen-bond donors (Lipinski definition) is 2. The lowest BCUT2D eigenvalue weighted by molar-refractivity contribution is 0.0958. The zero-order valence-electron chi connectivity index (χ0n) is 14.5. The molecule has 0 aliphatic carbocycles. The van der Waals surface area contributed by atoms with Crippen LogP contribution < -0.4 is 16.0 Å². The Bertz CT molecular complexity index is 895. The summed E-state index contributed by atoms with van der Waals surface area (Å²) in [7, 11) is 0. The number of thiazole rings is 1. The number of aromatic nitrogens is 1. The Balaban J connectivity index is 1.76. The Morgan fingerprint density at radius 1 is 1.37 bits per heavy atom. The second-order valence-electron chi connectivity index (χ2n) is 6.51. The fourth-order valence-corrected chi connectivity index (χ4v) is 4.74. The molecule has 27 heavy (non-hydrogen) atoms. The average Bonchev–Trinajstić information content (AvgIpc) is 3.05. The molecule has 1 atom stereocenters. The lowest BCUT2D eigenvalue weighted by Crippen LogP contribution is -2.36. The van der Waals surface area contributed by atoms with E-state index in [0.717, 1.165) is 29.5 Å². The quantitative estimate of drug-likeness (QED) is 0.812. The maximum absolute atomic E-state index is 12.5. The monoisotopic (exact) mass is 406 g/mol. The van der Waals surface area contributed by atoms with Gasteiger partial charge in [-0.05, 0) is 24.1 Å². The molecule has 4 rings (SSSR count). The number of morpholine rings is 1. The smallest absolute Gasteiger partial charge is 0.263 e. The van der Waals surface area contributed by atoms with Crippen molar-refractivity contribution >= 4 is 39.9 Å². The minimum absolute atomic E-state index is 0.103. The predicted molar refractivity (Wildman–Crippen MR) is 104 cm³/mol. The standard InChI is InChI=1S/C18H19ClN4O3S/c19-13-2-1-10(9-12(13)16(20)24)11-3-4-21-17(25)15-14(11)22-18(27-15)23-5-7-26-8-6-23/h1-2,9,11H,3-8H2,(H2,20,24)(H,21,25). The lowest BCUT2D eigenvalue weighted by Gasteiger charge is -2.26. The molecule has 1 fully saturated rings. The first kappa shape index (κ1) is 18.2. The van der Waals surface area contributed by atoms with E-state index in [1.54, 1.807) is 12.1 Å². The maximum Gasteiger partial charge on any atom is 0.263 e. The first-order valence-electron chi connectivity index (χ1n) is 8.75. The van der Waals surface area contributed by atoms with Crippen LogP contribution in [0, 0.1) is 0 Å². The zero-order chi connectivity index (χ0) is 19.0. The van der Waals surface area contributed by atoms with Gasteiger partial charge in [0.2, 0.25) is 5.91 Å². The van der Waals surface area contributed by atoms with Crippen molar-refractivity contribution < 1.29 is 14.3 Å². The van der Waals surface area contributed by atoms with Crippen LogP contribution in [0.2, 0.25) is 5.02 Å². The number of nitrogens with one attached hydrogen (secondary N) is 1. The number of carbonyl (C=O) groups is 2. The highest BCUT2D eigenvalue weighted by atomic mass is 35.5. The molecule has 7 nitrogen and oxygen atoms in total. The number of primary amides is 1. The summed E-state index contributed by atoms with van der Waals surface area (Å²) in [5.41, 5.74) is 7.34. The van der Waals surface area contributed by atoms with Crippen LogP contribution in [-0.2, 0) is 4.74 Å². The number of hydrogen-bond acceptors (Lipinski definition) is 6. The summed E-state index contributed by atoms with van der Waals surface area (Å²) in [5, 5.41) is 4.09. The molecule has 142 valence electrons. The number of carbonyl (C=O) groups excluding carboxylic acids is 2. The van der Waals surface area contributed by atoms with Crippen LogP contribution in [0.1, 0.15) is 43.6 Å². The van der Waals surface area contributed by atoms with E-state index in [0.29, 0.717) is 36.1 Å². The molecule has 0 radical (unpaired) electrons. The van der Waals surface area contributed by atoms with Gasteiger partial charge in [0.25, 0.3) is 5.91 Å². The van der Waals surface area contributed by atoms with E-state index in [1.807, 2.05) is 6.07 Å². The SMILES string of the molecule is NC(=O)c1cc(C2CCNC(=O)c3sc(N4CCOCC4)nc32)ccc1Cl. The fraction of sp³-hybridized carbons (Fsp3) is 0.389. The van der Waals surface area contributed by atoms with Crippen molar-refractivity contribution in [2.24, 2.45) is 5.73 Å². The van der Waals surface area contributed by atoms with Crippen molar-refractivity contribution in [3.8, 4) is 0 Å². The summed E-state index contributed by atoms with van der Waals surface area (Å²) in [4.78, 5) is 31.8. The van der Waals surface area contributed by atoms with Gasteiger partial charge >= 0.3 is 0 Å². The first-order valence-corrected chi connectivity index (χ1v) is 9.95.